The highest BCUT2D eigenvalue weighted by Gasteiger charge is 2.24. The molecule has 8 heteroatoms. The first kappa shape index (κ1) is 19.9. The van der Waals surface area contributed by atoms with Crippen LogP contribution in [0.5, 0.6) is 0 Å². The number of amides is 2. The second kappa shape index (κ2) is 8.00. The molecule has 0 saturated carbocycles. The molecule has 1 aliphatic rings. The molecule has 1 fully saturated rings. The van der Waals surface area contributed by atoms with E-state index in [1.165, 1.54) is 0 Å². The number of nitrogens with one attached hydrogen (secondary N) is 1. The number of hydrogen-bond donors (Lipinski definition) is 1. The zero-order valence-corrected chi connectivity index (χ0v) is 16.7. The van der Waals surface area contributed by atoms with Crippen LogP contribution >= 0.6 is 0 Å². The Kier molecular flexibility index (Phi) is 5.67. The van der Waals surface area contributed by atoms with E-state index in [0.717, 1.165) is 11.3 Å². The lowest BCUT2D eigenvalue weighted by molar-refractivity contribution is -0.121. The van der Waals surface area contributed by atoms with E-state index in [2.05, 4.69) is 15.5 Å². The van der Waals surface area contributed by atoms with Gasteiger partial charge in [0.2, 0.25) is 11.8 Å². The summed E-state index contributed by atoms with van der Waals surface area (Å²) in [4.78, 5) is 30.0. The van der Waals surface area contributed by atoms with Crippen molar-refractivity contribution in [1.82, 2.24) is 15.5 Å². The van der Waals surface area contributed by atoms with Crippen molar-refractivity contribution in [3.63, 3.8) is 0 Å². The number of rotatable bonds is 6. The summed E-state index contributed by atoms with van der Waals surface area (Å²) in [5.41, 5.74) is 1.49. The van der Waals surface area contributed by atoms with E-state index in [0.29, 0.717) is 31.3 Å². The van der Waals surface area contributed by atoms with Gasteiger partial charge in [-0.15, -0.1) is 0 Å². The number of ether oxygens (including phenoxy) is 1. The van der Waals surface area contributed by atoms with Crippen LogP contribution in [-0.4, -0.2) is 35.3 Å². The third-order valence-corrected chi connectivity index (χ3v) is 4.53. The van der Waals surface area contributed by atoms with Crippen LogP contribution in [0, 0.1) is 0 Å². The molecule has 150 valence electrons. The molecular weight excluding hydrogens is 360 g/mol. The van der Waals surface area contributed by atoms with Crippen molar-refractivity contribution >= 4 is 17.7 Å². The minimum atomic E-state index is -0.344. The first-order valence-corrected chi connectivity index (χ1v) is 9.41. The normalized spacial score (nSPS) is 15.4. The lowest BCUT2D eigenvalue weighted by atomic mass is 9.96. The van der Waals surface area contributed by atoms with Crippen LogP contribution in [-0.2, 0) is 21.4 Å². The summed E-state index contributed by atoms with van der Waals surface area (Å²) in [6.07, 6.45) is 0.304. The number of aryl methyl sites for hydroxylation is 1. The first-order valence-electron chi connectivity index (χ1n) is 9.41. The number of aromatic nitrogens is 2. The van der Waals surface area contributed by atoms with Gasteiger partial charge in [-0.25, -0.2) is 4.79 Å². The quantitative estimate of drug-likeness (QED) is 0.819. The maximum absolute atomic E-state index is 12.3. The van der Waals surface area contributed by atoms with E-state index >= 15 is 0 Å². The van der Waals surface area contributed by atoms with Crippen molar-refractivity contribution in [3.8, 4) is 0 Å². The number of nitrogens with zero attached hydrogens (tertiary/aromatic N) is 3. The molecule has 1 aliphatic heterocycles. The van der Waals surface area contributed by atoms with E-state index in [1.807, 2.05) is 52.0 Å². The fraction of sp³-hybridized carbons (Fsp3) is 0.500. The van der Waals surface area contributed by atoms with Crippen LogP contribution in [0.4, 0.5) is 10.5 Å². The number of benzene rings is 1. The Morgan fingerprint density at radius 3 is 2.79 bits per heavy atom. The molecule has 2 amide bonds. The van der Waals surface area contributed by atoms with Crippen molar-refractivity contribution in [2.75, 3.05) is 18.1 Å². The SMILES string of the molecule is CC(NC(=O)CCc1nc(C(C)(C)C)no1)c1cccc(N2CCOC2=O)c1. The van der Waals surface area contributed by atoms with Gasteiger partial charge in [-0.3, -0.25) is 9.69 Å². The summed E-state index contributed by atoms with van der Waals surface area (Å²) in [6, 6.07) is 7.34. The molecule has 8 nitrogen and oxygen atoms in total. The summed E-state index contributed by atoms with van der Waals surface area (Å²) in [5, 5.41) is 6.94. The smallest absolute Gasteiger partial charge is 0.414 e. The van der Waals surface area contributed by atoms with E-state index in [1.54, 1.807) is 4.90 Å². The van der Waals surface area contributed by atoms with Gasteiger partial charge >= 0.3 is 6.09 Å². The van der Waals surface area contributed by atoms with Gasteiger partial charge in [0.05, 0.1) is 12.6 Å². The van der Waals surface area contributed by atoms with Crippen LogP contribution < -0.4 is 10.2 Å². The van der Waals surface area contributed by atoms with Gasteiger partial charge in [-0.2, -0.15) is 4.98 Å². The highest BCUT2D eigenvalue weighted by atomic mass is 16.6. The van der Waals surface area contributed by atoms with Gasteiger partial charge in [0.1, 0.15) is 6.61 Å². The van der Waals surface area contributed by atoms with Crippen molar-refractivity contribution in [1.29, 1.82) is 0 Å². The second-order valence-corrected chi connectivity index (χ2v) is 7.91. The zero-order valence-electron chi connectivity index (χ0n) is 16.7. The zero-order chi connectivity index (χ0) is 20.3. The molecule has 0 radical (unpaired) electrons. The van der Waals surface area contributed by atoms with Gasteiger partial charge in [0.25, 0.3) is 0 Å². The molecule has 1 N–H and O–H groups in total. The largest absolute Gasteiger partial charge is 0.447 e. The first-order chi connectivity index (χ1) is 13.2. The van der Waals surface area contributed by atoms with E-state index in [9.17, 15) is 9.59 Å². The molecule has 0 bridgehead atoms. The monoisotopic (exact) mass is 386 g/mol. The predicted molar refractivity (Wildman–Crippen MR) is 103 cm³/mol. The van der Waals surface area contributed by atoms with Gasteiger partial charge in [0.15, 0.2) is 5.82 Å². The molecular formula is C20H26N4O4. The van der Waals surface area contributed by atoms with Crippen LogP contribution in [0.15, 0.2) is 28.8 Å². The van der Waals surface area contributed by atoms with Gasteiger partial charge < -0.3 is 14.6 Å². The van der Waals surface area contributed by atoms with Crippen molar-refractivity contribution in [2.24, 2.45) is 0 Å². The minimum Gasteiger partial charge on any atom is -0.447 e. The standard InChI is InChI=1S/C20H26N4O4/c1-13(14-6-5-7-15(12-14)24-10-11-27-19(24)26)21-16(25)8-9-17-22-18(23-28-17)20(2,3)4/h5-7,12-13H,8-11H2,1-4H3,(H,21,25). The van der Waals surface area contributed by atoms with Gasteiger partial charge in [-0.1, -0.05) is 38.1 Å². The molecule has 1 unspecified atom stereocenters. The summed E-state index contributed by atoms with van der Waals surface area (Å²) >= 11 is 0. The fourth-order valence-corrected chi connectivity index (χ4v) is 2.87. The highest BCUT2D eigenvalue weighted by Crippen LogP contribution is 2.23. The Bertz CT molecular complexity index is 856. The third-order valence-electron chi connectivity index (χ3n) is 4.53. The highest BCUT2D eigenvalue weighted by molar-refractivity contribution is 5.89. The summed E-state index contributed by atoms with van der Waals surface area (Å²) in [6.45, 7) is 8.85. The van der Waals surface area contributed by atoms with Crippen LogP contribution in [0.1, 0.15) is 57.4 Å². The van der Waals surface area contributed by atoms with E-state index < -0.39 is 0 Å². The molecule has 1 saturated heterocycles. The lowest BCUT2D eigenvalue weighted by Crippen LogP contribution is -2.27. The van der Waals surface area contributed by atoms with E-state index in [4.69, 9.17) is 9.26 Å². The summed E-state index contributed by atoms with van der Waals surface area (Å²) in [7, 11) is 0. The molecule has 1 aromatic carbocycles. The molecule has 28 heavy (non-hydrogen) atoms. The van der Waals surface area contributed by atoms with Crippen molar-refractivity contribution in [2.45, 2.75) is 52.0 Å². The number of carbonyl (C=O) groups excluding carboxylic acids is 2. The average molecular weight is 386 g/mol. The number of cyclic esters (lactones) is 1. The predicted octanol–water partition coefficient (Wildman–Crippen LogP) is 3.13. The molecule has 1 atom stereocenters. The minimum absolute atomic E-state index is 0.103. The Morgan fingerprint density at radius 2 is 2.14 bits per heavy atom. The number of anilines is 1. The maximum atomic E-state index is 12.3. The molecule has 0 spiro atoms. The van der Waals surface area contributed by atoms with E-state index in [-0.39, 0.29) is 29.9 Å². The van der Waals surface area contributed by atoms with Crippen LogP contribution in [0.3, 0.4) is 0 Å². The topological polar surface area (TPSA) is 97.6 Å². The third kappa shape index (κ3) is 4.68. The Labute approximate surface area is 164 Å². The Morgan fingerprint density at radius 1 is 1.36 bits per heavy atom. The summed E-state index contributed by atoms with van der Waals surface area (Å²) < 4.78 is 10.2. The van der Waals surface area contributed by atoms with Gasteiger partial charge in [-0.05, 0) is 24.6 Å². The molecule has 2 aromatic rings. The Hall–Kier alpha value is -2.90. The van der Waals surface area contributed by atoms with Crippen LogP contribution in [0.2, 0.25) is 0 Å². The molecule has 3 rings (SSSR count). The van der Waals surface area contributed by atoms with Crippen molar-refractivity contribution in [3.05, 3.63) is 41.5 Å². The maximum Gasteiger partial charge on any atom is 0.414 e. The fourth-order valence-electron chi connectivity index (χ4n) is 2.87. The molecule has 2 heterocycles. The van der Waals surface area contributed by atoms with Gasteiger partial charge in [0, 0.05) is 23.9 Å². The molecule has 0 aliphatic carbocycles. The van der Waals surface area contributed by atoms with Crippen LogP contribution in [0.25, 0.3) is 0 Å². The Balaban J connectivity index is 1.55. The number of carbonyl (C=O) groups is 2. The number of hydrogen-bond acceptors (Lipinski definition) is 6. The molecule has 1 aromatic heterocycles. The second-order valence-electron chi connectivity index (χ2n) is 7.91. The summed E-state index contributed by atoms with van der Waals surface area (Å²) in [5.74, 6) is 0.991. The lowest BCUT2D eigenvalue weighted by Gasteiger charge is -2.18. The average Bonchev–Trinajstić information content (AvgIpc) is 3.29. The van der Waals surface area contributed by atoms with Crippen molar-refractivity contribution < 1.29 is 18.8 Å².